The molecular weight excluding hydrogens is 374 g/mol. The number of nitrogens with one attached hydrogen (secondary N) is 1. The van der Waals surface area contributed by atoms with E-state index in [0.29, 0.717) is 0 Å². The second-order valence-electron chi connectivity index (χ2n) is 7.89. The first-order valence-corrected chi connectivity index (χ1v) is 10.1. The van der Waals surface area contributed by atoms with Crippen LogP contribution in [0.3, 0.4) is 0 Å². The molecule has 1 N–H and O–H groups in total. The standard InChI is InChI=1S/C25H25N3O2/c1-16-9-8-13-20(19(16)4)28-22(29)15-27-14-6-5-12-21(27)24(28)25(30)26-23-17(2)10-7-11-18(23)3/h5-14,24H,15H2,1-4H3/p+1/t24-/m1/s1. The Morgan fingerprint density at radius 3 is 2.33 bits per heavy atom. The molecule has 1 aliphatic rings. The van der Waals surface area contributed by atoms with Gasteiger partial charge in [0.05, 0.1) is 0 Å². The number of para-hydroxylation sites is 1. The van der Waals surface area contributed by atoms with Gasteiger partial charge < -0.3 is 5.32 Å². The molecule has 1 atom stereocenters. The molecule has 0 saturated heterocycles. The minimum Gasteiger partial charge on any atom is -0.323 e. The normalized spacial score (nSPS) is 15.7. The van der Waals surface area contributed by atoms with Gasteiger partial charge in [-0.15, -0.1) is 0 Å². The van der Waals surface area contributed by atoms with Crippen LogP contribution in [0.1, 0.15) is 34.0 Å². The van der Waals surface area contributed by atoms with Crippen molar-refractivity contribution in [1.82, 2.24) is 0 Å². The Morgan fingerprint density at radius 1 is 0.933 bits per heavy atom. The summed E-state index contributed by atoms with van der Waals surface area (Å²) in [6.07, 6.45) is 1.85. The minimum atomic E-state index is -0.757. The zero-order chi connectivity index (χ0) is 21.4. The predicted molar refractivity (Wildman–Crippen MR) is 117 cm³/mol. The third-order valence-corrected chi connectivity index (χ3v) is 5.90. The van der Waals surface area contributed by atoms with E-state index in [0.717, 1.165) is 39.3 Å². The molecule has 0 saturated carbocycles. The highest BCUT2D eigenvalue weighted by Gasteiger charge is 2.44. The zero-order valence-electron chi connectivity index (χ0n) is 17.8. The predicted octanol–water partition coefficient (Wildman–Crippen LogP) is 3.93. The summed E-state index contributed by atoms with van der Waals surface area (Å²) in [6, 6.07) is 16.7. The van der Waals surface area contributed by atoms with Crippen molar-refractivity contribution in [2.75, 3.05) is 10.2 Å². The van der Waals surface area contributed by atoms with Gasteiger partial charge in [0.25, 0.3) is 11.8 Å². The Balaban J connectivity index is 1.84. The molecule has 5 nitrogen and oxygen atoms in total. The van der Waals surface area contributed by atoms with Crippen LogP contribution in [0.25, 0.3) is 0 Å². The highest BCUT2D eigenvalue weighted by molar-refractivity contribution is 6.06. The summed E-state index contributed by atoms with van der Waals surface area (Å²) in [6.45, 7) is 8.16. The average Bonchev–Trinajstić information content (AvgIpc) is 2.72. The lowest BCUT2D eigenvalue weighted by atomic mass is 10.0. The topological polar surface area (TPSA) is 53.3 Å². The first kappa shape index (κ1) is 19.8. The number of nitrogens with zero attached hydrogens (tertiary/aromatic N) is 2. The molecule has 1 aliphatic heterocycles. The molecule has 5 heteroatoms. The molecule has 0 fully saturated rings. The van der Waals surface area contributed by atoms with E-state index >= 15 is 0 Å². The Bertz CT molecular complexity index is 1130. The van der Waals surface area contributed by atoms with Gasteiger partial charge in [-0.1, -0.05) is 36.4 Å². The van der Waals surface area contributed by atoms with E-state index < -0.39 is 6.04 Å². The van der Waals surface area contributed by atoms with E-state index in [1.54, 1.807) is 4.90 Å². The van der Waals surface area contributed by atoms with E-state index in [1.165, 1.54) is 0 Å². The number of carbonyl (C=O) groups excluding carboxylic acids is 2. The maximum Gasteiger partial charge on any atom is 0.294 e. The molecule has 0 spiro atoms. The number of anilines is 2. The van der Waals surface area contributed by atoms with E-state index in [-0.39, 0.29) is 18.4 Å². The third kappa shape index (κ3) is 3.36. The van der Waals surface area contributed by atoms with Crippen LogP contribution in [0.5, 0.6) is 0 Å². The van der Waals surface area contributed by atoms with Gasteiger partial charge in [0.2, 0.25) is 18.3 Å². The monoisotopic (exact) mass is 400 g/mol. The summed E-state index contributed by atoms with van der Waals surface area (Å²) < 4.78 is 1.86. The van der Waals surface area contributed by atoms with Crippen molar-refractivity contribution in [2.24, 2.45) is 0 Å². The number of hydrogen-bond donors (Lipinski definition) is 1. The fourth-order valence-corrected chi connectivity index (χ4v) is 4.10. The van der Waals surface area contributed by atoms with Gasteiger partial charge in [-0.3, -0.25) is 14.5 Å². The third-order valence-electron chi connectivity index (χ3n) is 5.90. The van der Waals surface area contributed by atoms with Gasteiger partial charge in [-0.25, -0.2) is 0 Å². The maximum absolute atomic E-state index is 13.6. The lowest BCUT2D eigenvalue weighted by Gasteiger charge is -2.33. The second-order valence-corrected chi connectivity index (χ2v) is 7.89. The molecule has 4 rings (SSSR count). The molecular formula is C25H26N3O2+. The van der Waals surface area contributed by atoms with Crippen LogP contribution in [0.4, 0.5) is 11.4 Å². The van der Waals surface area contributed by atoms with Crippen LogP contribution >= 0.6 is 0 Å². The Labute approximate surface area is 177 Å². The summed E-state index contributed by atoms with van der Waals surface area (Å²) in [5, 5.41) is 3.10. The quantitative estimate of drug-likeness (QED) is 0.677. The summed E-state index contributed by atoms with van der Waals surface area (Å²) in [4.78, 5) is 28.5. The molecule has 152 valence electrons. The molecule has 0 radical (unpaired) electrons. The fourth-order valence-electron chi connectivity index (χ4n) is 4.10. The highest BCUT2D eigenvalue weighted by atomic mass is 16.2. The first-order valence-electron chi connectivity index (χ1n) is 10.1. The molecule has 2 aromatic carbocycles. The minimum absolute atomic E-state index is 0.103. The molecule has 0 bridgehead atoms. The number of amides is 2. The number of pyridine rings is 1. The van der Waals surface area contributed by atoms with Gasteiger partial charge in [0, 0.05) is 23.5 Å². The van der Waals surface area contributed by atoms with Crippen LogP contribution in [0.2, 0.25) is 0 Å². The number of benzene rings is 2. The van der Waals surface area contributed by atoms with Gasteiger partial charge in [0.1, 0.15) is 0 Å². The molecule has 0 unspecified atom stereocenters. The van der Waals surface area contributed by atoms with Crippen LogP contribution in [0, 0.1) is 27.7 Å². The summed E-state index contributed by atoms with van der Waals surface area (Å²) in [5.74, 6) is -0.324. The summed E-state index contributed by atoms with van der Waals surface area (Å²) in [7, 11) is 0. The van der Waals surface area contributed by atoms with E-state index in [2.05, 4.69) is 5.32 Å². The highest BCUT2D eigenvalue weighted by Crippen LogP contribution is 2.33. The lowest BCUT2D eigenvalue weighted by Crippen LogP contribution is -2.58. The van der Waals surface area contributed by atoms with E-state index in [1.807, 2.05) is 93.1 Å². The number of rotatable bonds is 3. The smallest absolute Gasteiger partial charge is 0.294 e. The van der Waals surface area contributed by atoms with Gasteiger partial charge in [-0.2, -0.15) is 4.57 Å². The van der Waals surface area contributed by atoms with Crippen molar-refractivity contribution < 1.29 is 14.2 Å². The Kier molecular flexibility index (Phi) is 5.12. The zero-order valence-corrected chi connectivity index (χ0v) is 17.8. The number of aryl methyl sites for hydroxylation is 3. The maximum atomic E-state index is 13.6. The van der Waals surface area contributed by atoms with Crippen LogP contribution in [0.15, 0.2) is 60.8 Å². The molecule has 1 aromatic heterocycles. The van der Waals surface area contributed by atoms with Crippen LogP contribution in [-0.2, 0) is 16.1 Å². The number of aromatic nitrogens is 1. The van der Waals surface area contributed by atoms with Gasteiger partial charge in [0.15, 0.2) is 6.20 Å². The van der Waals surface area contributed by atoms with Crippen molar-refractivity contribution in [3.8, 4) is 0 Å². The number of hydrogen-bond acceptors (Lipinski definition) is 2. The van der Waals surface area contributed by atoms with Crippen molar-refractivity contribution >= 4 is 23.2 Å². The van der Waals surface area contributed by atoms with E-state index in [9.17, 15) is 9.59 Å². The summed E-state index contributed by atoms with van der Waals surface area (Å²) in [5.41, 5.74) is 6.43. The van der Waals surface area contributed by atoms with Crippen LogP contribution < -0.4 is 14.8 Å². The van der Waals surface area contributed by atoms with Crippen LogP contribution in [-0.4, -0.2) is 11.8 Å². The molecule has 0 aliphatic carbocycles. The van der Waals surface area contributed by atoms with Crippen molar-refractivity contribution in [1.29, 1.82) is 0 Å². The van der Waals surface area contributed by atoms with Crippen molar-refractivity contribution in [3.63, 3.8) is 0 Å². The SMILES string of the molecule is Cc1cccc(N2C(=O)C[n+]3ccccc3[C@@H]2C(=O)Nc2c(C)cccc2C)c1C. The second kappa shape index (κ2) is 7.75. The van der Waals surface area contributed by atoms with Crippen molar-refractivity contribution in [3.05, 3.63) is 88.7 Å². The molecule has 2 amide bonds. The number of carbonyl (C=O) groups is 2. The Morgan fingerprint density at radius 2 is 1.60 bits per heavy atom. The number of fused-ring (bicyclic) bond motifs is 1. The van der Waals surface area contributed by atoms with Gasteiger partial charge in [-0.05, 0) is 56.0 Å². The fraction of sp³-hybridized carbons (Fsp3) is 0.240. The lowest BCUT2D eigenvalue weighted by molar-refractivity contribution is -0.695. The largest absolute Gasteiger partial charge is 0.323 e. The summed E-state index contributed by atoms with van der Waals surface area (Å²) >= 11 is 0. The molecule has 30 heavy (non-hydrogen) atoms. The van der Waals surface area contributed by atoms with Crippen molar-refractivity contribution in [2.45, 2.75) is 40.3 Å². The Hall–Kier alpha value is -3.47. The van der Waals surface area contributed by atoms with E-state index in [4.69, 9.17) is 0 Å². The molecule has 3 aromatic rings. The first-order chi connectivity index (χ1) is 14.4. The molecule has 2 heterocycles. The van der Waals surface area contributed by atoms with Gasteiger partial charge >= 0.3 is 0 Å². The average molecular weight is 401 g/mol.